The Morgan fingerprint density at radius 2 is 1.98 bits per heavy atom. The average Bonchev–Trinajstić information content (AvgIpc) is 3.75. The predicted octanol–water partition coefficient (Wildman–Crippen LogP) is 3.51. The zero-order valence-corrected chi connectivity index (χ0v) is 25.8. The molecular weight excluding hydrogens is 574 g/mol. The summed E-state index contributed by atoms with van der Waals surface area (Å²) in [7, 11) is 4.91. The average molecular weight is 612 g/mol. The molecule has 1 aromatic carbocycles. The topological polar surface area (TPSA) is 144 Å². The number of hydrogen-bond donors (Lipinski definition) is 2. The number of amides is 4. The number of nitrogens with two attached hydrogens (primary N) is 1. The van der Waals surface area contributed by atoms with Gasteiger partial charge in [0.1, 0.15) is 12.4 Å². The number of benzene rings is 1. The zero-order chi connectivity index (χ0) is 32.2. The van der Waals surface area contributed by atoms with Gasteiger partial charge in [-0.05, 0) is 58.9 Å². The third-order valence-electron chi connectivity index (χ3n) is 8.40. The number of carbonyl (C=O) groups excluding carboxylic acids is 4. The van der Waals surface area contributed by atoms with E-state index in [1.54, 1.807) is 39.4 Å². The Morgan fingerprint density at radius 1 is 1.22 bits per heavy atom. The van der Waals surface area contributed by atoms with Crippen molar-refractivity contribution < 1.29 is 28.7 Å². The van der Waals surface area contributed by atoms with Crippen LogP contribution in [0, 0.1) is 29.7 Å². The number of anilines is 1. The first kappa shape index (κ1) is 31.3. The summed E-state index contributed by atoms with van der Waals surface area (Å²) in [5.74, 6) is 3.07. The molecule has 2 fully saturated rings. The van der Waals surface area contributed by atoms with Crippen LogP contribution in [0.5, 0.6) is 0 Å². The van der Waals surface area contributed by atoms with Crippen molar-refractivity contribution in [1.29, 1.82) is 0 Å². The second-order valence-electron chi connectivity index (χ2n) is 11.5. The van der Waals surface area contributed by atoms with Gasteiger partial charge in [0.15, 0.2) is 0 Å². The fourth-order valence-corrected chi connectivity index (χ4v) is 5.95. The Hall–Kier alpha value is -5.11. The van der Waals surface area contributed by atoms with Crippen LogP contribution >= 0.6 is 0 Å². The zero-order valence-electron chi connectivity index (χ0n) is 25.8. The standard InChI is InChI=1S/C34H37N5O6/c1-20-6-5-7-29(44-4)32(20)23(12-13-35)24-17-22(19-36-28-18-25(24)28)21-8-9-27(26(16-21)33(42)38(2)3)37-34(43)45-15-14-39-30(40)10-11-31(39)41/h5-9,16-17,19-20,23,28,32H,10-11,14-15,18,35H2,1-4H3,(H,37,43). The molecule has 0 aromatic heterocycles. The minimum Gasteiger partial charge on any atom is -0.501 e. The van der Waals surface area contributed by atoms with Crippen molar-refractivity contribution in [3.63, 3.8) is 0 Å². The summed E-state index contributed by atoms with van der Waals surface area (Å²) in [4.78, 5) is 56.8. The highest BCUT2D eigenvalue weighted by atomic mass is 16.5. The van der Waals surface area contributed by atoms with Crippen molar-refractivity contribution in [2.45, 2.75) is 32.2 Å². The third kappa shape index (κ3) is 6.70. The van der Waals surface area contributed by atoms with E-state index in [0.717, 1.165) is 33.8 Å². The van der Waals surface area contributed by atoms with E-state index in [9.17, 15) is 19.2 Å². The highest BCUT2D eigenvalue weighted by Gasteiger charge is 2.40. The molecule has 4 aliphatic rings. The van der Waals surface area contributed by atoms with Crippen LogP contribution in [0.15, 0.2) is 64.4 Å². The molecule has 2 aliphatic heterocycles. The van der Waals surface area contributed by atoms with Crippen molar-refractivity contribution in [2.24, 2.45) is 28.5 Å². The lowest BCUT2D eigenvalue weighted by Gasteiger charge is -2.31. The summed E-state index contributed by atoms with van der Waals surface area (Å²) >= 11 is 0. The molecule has 4 atom stereocenters. The molecular formula is C34H37N5O6. The summed E-state index contributed by atoms with van der Waals surface area (Å²) in [6, 6.07) is 7.86. The quantitative estimate of drug-likeness (QED) is 0.247. The van der Waals surface area contributed by atoms with E-state index >= 15 is 0 Å². The highest BCUT2D eigenvalue weighted by molar-refractivity contribution is 6.13. The first-order valence-corrected chi connectivity index (χ1v) is 14.9. The van der Waals surface area contributed by atoms with E-state index in [-0.39, 0.29) is 78.8 Å². The van der Waals surface area contributed by atoms with Crippen LogP contribution in [0.3, 0.4) is 0 Å². The van der Waals surface area contributed by atoms with Gasteiger partial charge in [0, 0.05) is 45.1 Å². The van der Waals surface area contributed by atoms with Gasteiger partial charge in [0.25, 0.3) is 5.91 Å². The minimum absolute atomic E-state index is 0.0209. The van der Waals surface area contributed by atoms with Crippen molar-refractivity contribution in [3.05, 3.63) is 70.5 Å². The monoisotopic (exact) mass is 611 g/mol. The van der Waals surface area contributed by atoms with E-state index in [1.165, 1.54) is 10.5 Å². The number of methoxy groups -OCH3 is 1. The van der Waals surface area contributed by atoms with E-state index < -0.39 is 6.09 Å². The molecule has 4 unspecified atom stereocenters. The number of rotatable bonds is 9. The Balaban J connectivity index is 1.42. The molecule has 4 amide bonds. The van der Waals surface area contributed by atoms with Crippen LogP contribution < -0.4 is 11.1 Å². The first-order chi connectivity index (χ1) is 21.6. The smallest absolute Gasteiger partial charge is 0.411 e. The van der Waals surface area contributed by atoms with Crippen LogP contribution in [0.1, 0.15) is 42.1 Å². The van der Waals surface area contributed by atoms with Gasteiger partial charge >= 0.3 is 6.09 Å². The van der Waals surface area contributed by atoms with Gasteiger partial charge in [0.05, 0.1) is 36.9 Å². The SMILES string of the molecule is COC1=CC=CC(C)C1C(C#CN)C1=C2CC2N=CC(c2ccc(NC(=O)OCCN3C(=O)CCC3=O)c(C(=O)N(C)C)c2)=C1. The molecule has 5 rings (SSSR count). The maximum absolute atomic E-state index is 13.3. The molecule has 1 saturated heterocycles. The third-order valence-corrected chi connectivity index (χ3v) is 8.40. The summed E-state index contributed by atoms with van der Waals surface area (Å²) in [6.07, 6.45) is 10.3. The number of nitrogens with one attached hydrogen (secondary N) is 1. The van der Waals surface area contributed by atoms with Gasteiger partial charge < -0.3 is 20.1 Å². The lowest BCUT2D eigenvalue weighted by molar-refractivity contribution is -0.138. The van der Waals surface area contributed by atoms with Crippen LogP contribution in [0.4, 0.5) is 10.5 Å². The second-order valence-corrected chi connectivity index (χ2v) is 11.5. The summed E-state index contributed by atoms with van der Waals surface area (Å²) in [6.45, 7) is 1.95. The lowest BCUT2D eigenvalue weighted by atomic mass is 9.74. The number of allylic oxidation sites excluding steroid dienone is 7. The number of aliphatic imine (C=N–C) groups is 1. The molecule has 1 saturated carbocycles. The summed E-state index contributed by atoms with van der Waals surface area (Å²) in [5.41, 5.74) is 10.1. The largest absolute Gasteiger partial charge is 0.501 e. The fraction of sp³-hybridized carbons (Fsp3) is 0.382. The van der Waals surface area contributed by atoms with Gasteiger partial charge in [-0.1, -0.05) is 31.1 Å². The van der Waals surface area contributed by atoms with Crippen molar-refractivity contribution in [1.82, 2.24) is 9.80 Å². The molecule has 234 valence electrons. The molecule has 11 nitrogen and oxygen atoms in total. The number of fused-ring (bicyclic) bond motifs is 1. The summed E-state index contributed by atoms with van der Waals surface area (Å²) in [5, 5.41) is 2.64. The van der Waals surface area contributed by atoms with Gasteiger partial charge in [-0.25, -0.2) is 4.79 Å². The van der Waals surface area contributed by atoms with Crippen LogP contribution in [-0.2, 0) is 19.1 Å². The molecule has 2 heterocycles. The van der Waals surface area contributed by atoms with Gasteiger partial charge in [-0.15, -0.1) is 0 Å². The highest BCUT2D eigenvalue weighted by Crippen LogP contribution is 2.46. The Kier molecular flexibility index (Phi) is 9.23. The first-order valence-electron chi connectivity index (χ1n) is 14.9. The Morgan fingerprint density at radius 3 is 2.67 bits per heavy atom. The van der Waals surface area contributed by atoms with Gasteiger partial charge in [-0.2, -0.15) is 0 Å². The lowest BCUT2D eigenvalue weighted by Crippen LogP contribution is -2.33. The molecule has 45 heavy (non-hydrogen) atoms. The van der Waals surface area contributed by atoms with Crippen LogP contribution in [0.25, 0.3) is 5.57 Å². The van der Waals surface area contributed by atoms with Gasteiger partial charge in [-0.3, -0.25) is 29.6 Å². The number of hydrogen-bond acceptors (Lipinski definition) is 8. The fourth-order valence-electron chi connectivity index (χ4n) is 5.95. The van der Waals surface area contributed by atoms with Crippen molar-refractivity contribution in [3.8, 4) is 12.0 Å². The minimum atomic E-state index is -0.808. The van der Waals surface area contributed by atoms with E-state index in [4.69, 9.17) is 20.2 Å². The number of imide groups is 1. The van der Waals surface area contributed by atoms with Crippen molar-refractivity contribution >= 4 is 41.3 Å². The maximum atomic E-state index is 13.3. The molecule has 0 spiro atoms. The van der Waals surface area contributed by atoms with Gasteiger partial charge in [0.2, 0.25) is 11.8 Å². The molecule has 11 heteroatoms. The number of ether oxygens (including phenoxy) is 2. The molecule has 0 radical (unpaired) electrons. The summed E-state index contributed by atoms with van der Waals surface area (Å²) < 4.78 is 11.0. The second kappa shape index (κ2) is 13.3. The van der Waals surface area contributed by atoms with E-state index in [2.05, 4.69) is 36.4 Å². The predicted molar refractivity (Wildman–Crippen MR) is 170 cm³/mol. The molecule has 1 aromatic rings. The number of carbonyl (C=O) groups is 4. The van der Waals surface area contributed by atoms with Crippen molar-refractivity contribution in [2.75, 3.05) is 39.7 Å². The Labute approximate surface area is 262 Å². The molecule has 2 aliphatic carbocycles. The number of nitrogens with zero attached hydrogens (tertiary/aromatic N) is 3. The Bertz CT molecular complexity index is 1620. The molecule has 3 N–H and O–H groups in total. The maximum Gasteiger partial charge on any atom is 0.411 e. The van der Waals surface area contributed by atoms with E-state index in [0.29, 0.717) is 0 Å². The number of likely N-dealkylation sites (tertiary alicyclic amines) is 1. The van der Waals surface area contributed by atoms with E-state index in [1.807, 2.05) is 18.4 Å². The normalized spacial score (nSPS) is 22.4. The van der Waals surface area contributed by atoms with Crippen LogP contribution in [0.2, 0.25) is 0 Å². The molecule has 0 bridgehead atoms. The van der Waals surface area contributed by atoms with Crippen LogP contribution in [-0.4, -0.2) is 80.2 Å².